The number of aryl methyl sites for hydroxylation is 1. The van der Waals surface area contributed by atoms with Crippen LogP contribution in [-0.4, -0.2) is 31.3 Å². The molecule has 29 heavy (non-hydrogen) atoms. The molecular formula is C20H20N2O6S. The molecule has 0 radical (unpaired) electrons. The first-order valence-electron chi connectivity index (χ1n) is 9.40. The van der Waals surface area contributed by atoms with E-state index in [1.54, 1.807) is 25.1 Å². The monoisotopic (exact) mass is 416 g/mol. The van der Waals surface area contributed by atoms with Gasteiger partial charge in [0.05, 0.1) is 12.2 Å². The number of rotatable bonds is 4. The van der Waals surface area contributed by atoms with E-state index in [2.05, 4.69) is 10.6 Å². The van der Waals surface area contributed by atoms with Crippen LogP contribution in [-0.2, 0) is 17.6 Å². The Labute approximate surface area is 171 Å². The van der Waals surface area contributed by atoms with Crippen molar-refractivity contribution in [3.63, 3.8) is 0 Å². The lowest BCUT2D eigenvalue weighted by Gasteiger charge is -2.13. The molecular weight excluding hydrogens is 396 g/mol. The number of hydrogen-bond donors (Lipinski definition) is 2. The van der Waals surface area contributed by atoms with Gasteiger partial charge in [0.2, 0.25) is 6.79 Å². The molecule has 0 fully saturated rings. The summed E-state index contributed by atoms with van der Waals surface area (Å²) in [5.41, 5.74) is 1.62. The lowest BCUT2D eigenvalue weighted by Crippen LogP contribution is -2.32. The topological polar surface area (TPSA) is 103 Å². The molecule has 2 heterocycles. The van der Waals surface area contributed by atoms with E-state index in [1.165, 1.54) is 11.3 Å². The minimum absolute atomic E-state index is 0.121. The Morgan fingerprint density at radius 3 is 2.72 bits per heavy atom. The number of hydrogen-bond acceptors (Lipinski definition) is 7. The van der Waals surface area contributed by atoms with Crippen LogP contribution in [0, 0.1) is 0 Å². The number of thiophene rings is 1. The van der Waals surface area contributed by atoms with E-state index in [-0.39, 0.29) is 19.3 Å². The van der Waals surface area contributed by atoms with E-state index < -0.39 is 12.0 Å². The van der Waals surface area contributed by atoms with Crippen LogP contribution in [0.3, 0.4) is 0 Å². The number of imide groups is 1. The van der Waals surface area contributed by atoms with Gasteiger partial charge < -0.3 is 19.5 Å². The van der Waals surface area contributed by atoms with Crippen molar-refractivity contribution in [1.82, 2.24) is 5.32 Å². The molecule has 8 nitrogen and oxygen atoms in total. The summed E-state index contributed by atoms with van der Waals surface area (Å²) in [6, 6.07) is 4.91. The summed E-state index contributed by atoms with van der Waals surface area (Å²) in [7, 11) is 0. The molecule has 2 aromatic rings. The summed E-state index contributed by atoms with van der Waals surface area (Å²) < 4.78 is 15.4. The SMILES string of the molecule is CCOC(=O)NC(=O)c1c(NC(=O)c2ccc3c(c2)OCO3)sc2c1CCCC2. The van der Waals surface area contributed by atoms with Crippen LogP contribution in [0.1, 0.15) is 50.9 Å². The lowest BCUT2D eigenvalue weighted by molar-refractivity contribution is 0.0925. The fraction of sp³-hybridized carbons (Fsp3) is 0.350. The van der Waals surface area contributed by atoms with Crippen LogP contribution >= 0.6 is 11.3 Å². The van der Waals surface area contributed by atoms with Crippen LogP contribution < -0.4 is 20.1 Å². The lowest BCUT2D eigenvalue weighted by atomic mass is 9.95. The zero-order valence-electron chi connectivity index (χ0n) is 15.8. The van der Waals surface area contributed by atoms with Gasteiger partial charge in [0.15, 0.2) is 11.5 Å². The predicted octanol–water partition coefficient (Wildman–Crippen LogP) is 3.49. The number of benzene rings is 1. The summed E-state index contributed by atoms with van der Waals surface area (Å²) in [5.74, 6) is 0.155. The fourth-order valence-corrected chi connectivity index (χ4v) is 4.71. The van der Waals surface area contributed by atoms with Crippen LogP contribution in [0.5, 0.6) is 11.5 Å². The quantitative estimate of drug-likeness (QED) is 0.791. The number of nitrogens with one attached hydrogen (secondary N) is 2. The van der Waals surface area contributed by atoms with Crippen molar-refractivity contribution in [2.45, 2.75) is 32.6 Å². The van der Waals surface area contributed by atoms with Crippen LogP contribution in [0.25, 0.3) is 0 Å². The standard InChI is InChI=1S/C20H20N2O6S/c1-2-26-20(25)22-18(24)16-12-5-3-4-6-15(12)29-19(16)21-17(23)11-7-8-13-14(9-11)28-10-27-13/h7-9H,2-6,10H2,1H3,(H,21,23)(H,22,24,25). The fourth-order valence-electron chi connectivity index (χ4n) is 3.43. The van der Waals surface area contributed by atoms with Crippen molar-refractivity contribution >= 4 is 34.2 Å². The maximum atomic E-state index is 12.8. The molecule has 1 aliphatic carbocycles. The van der Waals surface area contributed by atoms with Crippen molar-refractivity contribution < 1.29 is 28.6 Å². The summed E-state index contributed by atoms with van der Waals surface area (Å²) in [4.78, 5) is 38.3. The third-order valence-corrected chi connectivity index (χ3v) is 5.96. The molecule has 4 rings (SSSR count). The minimum atomic E-state index is -0.804. The predicted molar refractivity (Wildman–Crippen MR) is 106 cm³/mol. The largest absolute Gasteiger partial charge is 0.454 e. The van der Waals surface area contributed by atoms with Gasteiger partial charge in [-0.3, -0.25) is 14.9 Å². The summed E-state index contributed by atoms with van der Waals surface area (Å²) in [6.45, 7) is 1.94. The molecule has 3 amide bonds. The molecule has 0 saturated carbocycles. The van der Waals surface area contributed by atoms with Crippen molar-refractivity contribution in [2.75, 3.05) is 18.7 Å². The highest BCUT2D eigenvalue weighted by Gasteiger charge is 2.28. The van der Waals surface area contributed by atoms with Gasteiger partial charge in [0.25, 0.3) is 11.8 Å². The van der Waals surface area contributed by atoms with Crippen molar-refractivity contribution in [1.29, 1.82) is 0 Å². The number of anilines is 1. The average molecular weight is 416 g/mol. The highest BCUT2D eigenvalue weighted by Crippen LogP contribution is 2.39. The third-order valence-electron chi connectivity index (χ3n) is 4.75. The van der Waals surface area contributed by atoms with Gasteiger partial charge in [-0.2, -0.15) is 0 Å². The smallest absolute Gasteiger partial charge is 0.414 e. The van der Waals surface area contributed by atoms with Gasteiger partial charge in [-0.25, -0.2) is 4.79 Å². The molecule has 2 N–H and O–H groups in total. The van der Waals surface area contributed by atoms with Crippen LogP contribution in [0.15, 0.2) is 18.2 Å². The third kappa shape index (κ3) is 3.91. The van der Waals surface area contributed by atoms with E-state index in [0.29, 0.717) is 27.6 Å². The molecule has 0 atom stereocenters. The van der Waals surface area contributed by atoms with E-state index in [1.807, 2.05) is 0 Å². The maximum Gasteiger partial charge on any atom is 0.414 e. The molecule has 1 aromatic heterocycles. The second kappa shape index (κ2) is 8.12. The Morgan fingerprint density at radius 2 is 1.90 bits per heavy atom. The van der Waals surface area contributed by atoms with Crippen LogP contribution in [0.4, 0.5) is 9.80 Å². The molecule has 0 bridgehead atoms. The molecule has 2 aliphatic rings. The zero-order valence-corrected chi connectivity index (χ0v) is 16.6. The molecule has 0 unspecified atom stereocenters. The summed E-state index contributed by atoms with van der Waals surface area (Å²) in [6.07, 6.45) is 2.76. The Balaban J connectivity index is 1.61. The summed E-state index contributed by atoms with van der Waals surface area (Å²) in [5, 5.41) is 5.50. The minimum Gasteiger partial charge on any atom is -0.454 e. The molecule has 0 saturated heterocycles. The Morgan fingerprint density at radius 1 is 1.10 bits per heavy atom. The van der Waals surface area contributed by atoms with E-state index in [0.717, 1.165) is 36.1 Å². The van der Waals surface area contributed by atoms with E-state index in [9.17, 15) is 14.4 Å². The van der Waals surface area contributed by atoms with Gasteiger partial charge >= 0.3 is 6.09 Å². The number of carbonyl (C=O) groups excluding carboxylic acids is 3. The van der Waals surface area contributed by atoms with Crippen molar-refractivity contribution in [3.8, 4) is 11.5 Å². The first kappa shape index (κ1) is 19.3. The number of ether oxygens (including phenoxy) is 3. The highest BCUT2D eigenvalue weighted by molar-refractivity contribution is 7.17. The van der Waals surface area contributed by atoms with Gasteiger partial charge in [-0.15, -0.1) is 11.3 Å². The molecule has 1 aliphatic heterocycles. The second-order valence-corrected chi connectivity index (χ2v) is 7.72. The zero-order chi connectivity index (χ0) is 20.4. The Hall–Kier alpha value is -3.07. The van der Waals surface area contributed by atoms with Crippen LogP contribution in [0.2, 0.25) is 0 Å². The highest BCUT2D eigenvalue weighted by atomic mass is 32.1. The summed E-state index contributed by atoms with van der Waals surface area (Å²) >= 11 is 1.38. The Bertz CT molecular complexity index is 984. The van der Waals surface area contributed by atoms with Crippen molar-refractivity contribution in [3.05, 3.63) is 39.8 Å². The average Bonchev–Trinajstić information content (AvgIpc) is 3.31. The van der Waals surface area contributed by atoms with Gasteiger partial charge in [-0.1, -0.05) is 0 Å². The maximum absolute atomic E-state index is 12.8. The first-order valence-corrected chi connectivity index (χ1v) is 10.2. The number of fused-ring (bicyclic) bond motifs is 2. The number of alkyl carbamates (subject to hydrolysis) is 1. The molecule has 0 spiro atoms. The van der Waals surface area contributed by atoms with E-state index >= 15 is 0 Å². The molecule has 9 heteroatoms. The van der Waals surface area contributed by atoms with Crippen molar-refractivity contribution in [2.24, 2.45) is 0 Å². The van der Waals surface area contributed by atoms with E-state index in [4.69, 9.17) is 14.2 Å². The number of carbonyl (C=O) groups is 3. The first-order chi connectivity index (χ1) is 14.1. The normalized spacial score (nSPS) is 14.1. The van der Waals surface area contributed by atoms with Gasteiger partial charge in [0.1, 0.15) is 5.00 Å². The van der Waals surface area contributed by atoms with Gasteiger partial charge in [0, 0.05) is 10.4 Å². The number of amides is 3. The molecule has 152 valence electrons. The second-order valence-electron chi connectivity index (χ2n) is 6.61. The molecule has 1 aromatic carbocycles. The Kier molecular flexibility index (Phi) is 5.39. The van der Waals surface area contributed by atoms with Gasteiger partial charge in [-0.05, 0) is 56.4 Å².